The second-order valence-electron chi connectivity index (χ2n) is 2.62. The maximum Gasteiger partial charge on any atom is -0.00892 e. The SMILES string of the molecule is CCCC/C=C/[C](C)C. The summed E-state index contributed by atoms with van der Waals surface area (Å²) in [5.74, 6) is 1.39. The van der Waals surface area contributed by atoms with Crippen LogP contribution >= 0.6 is 0 Å². The van der Waals surface area contributed by atoms with Gasteiger partial charge >= 0.3 is 0 Å². The van der Waals surface area contributed by atoms with E-state index in [1.165, 1.54) is 25.2 Å². The minimum atomic E-state index is 1.24. The van der Waals surface area contributed by atoms with Gasteiger partial charge in [0, 0.05) is 0 Å². The molecule has 0 aromatic heterocycles. The average molecular weight is 125 g/mol. The Morgan fingerprint density at radius 3 is 2.44 bits per heavy atom. The Kier molecular flexibility index (Phi) is 5.70. The van der Waals surface area contributed by atoms with E-state index in [9.17, 15) is 0 Å². The van der Waals surface area contributed by atoms with E-state index in [0.717, 1.165) is 0 Å². The van der Waals surface area contributed by atoms with Gasteiger partial charge in [0.05, 0.1) is 0 Å². The minimum Gasteiger partial charge on any atom is -0.0880 e. The van der Waals surface area contributed by atoms with Crippen molar-refractivity contribution in [3.8, 4) is 0 Å². The Morgan fingerprint density at radius 2 is 2.00 bits per heavy atom. The van der Waals surface area contributed by atoms with Crippen molar-refractivity contribution in [3.63, 3.8) is 0 Å². The standard InChI is InChI=1S/C9H17/c1-4-5-6-7-8-9(2)3/h7-8H,4-6H2,1-3H3/b8-7+. The molecule has 0 rings (SSSR count). The Bertz CT molecular complexity index is 70.1. The van der Waals surface area contributed by atoms with Crippen LogP contribution in [0.2, 0.25) is 0 Å². The van der Waals surface area contributed by atoms with Crippen LogP contribution in [0.3, 0.4) is 0 Å². The van der Waals surface area contributed by atoms with Gasteiger partial charge < -0.3 is 0 Å². The van der Waals surface area contributed by atoms with Gasteiger partial charge in [0.1, 0.15) is 0 Å². The number of hydrogen-bond acceptors (Lipinski definition) is 0. The first-order chi connectivity index (χ1) is 4.27. The van der Waals surface area contributed by atoms with Crippen molar-refractivity contribution in [2.75, 3.05) is 0 Å². The van der Waals surface area contributed by atoms with Crippen LogP contribution < -0.4 is 0 Å². The molecule has 1 radical (unpaired) electrons. The lowest BCUT2D eigenvalue weighted by molar-refractivity contribution is 0.813. The van der Waals surface area contributed by atoms with Crippen molar-refractivity contribution in [1.29, 1.82) is 0 Å². The summed E-state index contributed by atoms with van der Waals surface area (Å²) in [6.45, 7) is 6.47. The summed E-state index contributed by atoms with van der Waals surface area (Å²) >= 11 is 0. The molecule has 0 unspecified atom stereocenters. The van der Waals surface area contributed by atoms with E-state index < -0.39 is 0 Å². The van der Waals surface area contributed by atoms with Crippen molar-refractivity contribution in [2.24, 2.45) is 0 Å². The first kappa shape index (κ1) is 8.74. The van der Waals surface area contributed by atoms with Crippen molar-refractivity contribution in [2.45, 2.75) is 40.0 Å². The highest BCUT2D eigenvalue weighted by molar-refractivity contribution is 5.02. The molecule has 0 aliphatic heterocycles. The molecule has 0 saturated heterocycles. The van der Waals surface area contributed by atoms with Gasteiger partial charge in [-0.3, -0.25) is 0 Å². The smallest absolute Gasteiger partial charge is 0.00892 e. The van der Waals surface area contributed by atoms with Crippen LogP contribution in [0.25, 0.3) is 0 Å². The Balaban J connectivity index is 3.04. The molecule has 9 heavy (non-hydrogen) atoms. The molecule has 53 valence electrons. The Hall–Kier alpha value is -0.260. The lowest BCUT2D eigenvalue weighted by Gasteiger charge is -1.91. The van der Waals surface area contributed by atoms with Crippen LogP contribution in [0, 0.1) is 5.92 Å². The highest BCUT2D eigenvalue weighted by Gasteiger charge is 1.82. The fourth-order valence-corrected chi connectivity index (χ4v) is 0.641. The molecule has 0 aliphatic rings. The van der Waals surface area contributed by atoms with E-state index in [2.05, 4.69) is 32.9 Å². The molecule has 0 bridgehead atoms. The zero-order valence-corrected chi connectivity index (χ0v) is 6.78. The van der Waals surface area contributed by atoms with E-state index >= 15 is 0 Å². The van der Waals surface area contributed by atoms with Crippen molar-refractivity contribution >= 4 is 0 Å². The van der Waals surface area contributed by atoms with Crippen LogP contribution in [0.1, 0.15) is 40.0 Å². The molecule has 0 heteroatoms. The number of unbranched alkanes of at least 4 members (excludes halogenated alkanes) is 2. The molecule has 0 aromatic rings. The monoisotopic (exact) mass is 125 g/mol. The highest BCUT2D eigenvalue weighted by Crippen LogP contribution is 2.00. The fourth-order valence-electron chi connectivity index (χ4n) is 0.641. The molecule has 0 fully saturated rings. The molecule has 0 N–H and O–H groups in total. The Morgan fingerprint density at radius 1 is 1.33 bits per heavy atom. The van der Waals surface area contributed by atoms with E-state index in [0.29, 0.717) is 0 Å². The second-order valence-corrected chi connectivity index (χ2v) is 2.62. The minimum absolute atomic E-state index is 1.24. The second kappa shape index (κ2) is 5.87. The first-order valence-electron chi connectivity index (χ1n) is 3.74. The molecule has 0 saturated carbocycles. The summed E-state index contributed by atoms with van der Waals surface area (Å²) < 4.78 is 0. The zero-order valence-electron chi connectivity index (χ0n) is 6.78. The van der Waals surface area contributed by atoms with Gasteiger partial charge in [-0.05, 0) is 12.3 Å². The van der Waals surface area contributed by atoms with E-state index in [1.807, 2.05) is 0 Å². The van der Waals surface area contributed by atoms with Crippen LogP contribution in [0.15, 0.2) is 12.2 Å². The van der Waals surface area contributed by atoms with E-state index in [1.54, 1.807) is 0 Å². The van der Waals surface area contributed by atoms with Gasteiger partial charge in [0.25, 0.3) is 0 Å². The fraction of sp³-hybridized carbons (Fsp3) is 0.667. The average Bonchev–Trinajstić information content (AvgIpc) is 1.80. The van der Waals surface area contributed by atoms with Crippen LogP contribution in [-0.2, 0) is 0 Å². The molecular weight excluding hydrogens is 108 g/mol. The maximum atomic E-state index is 2.25. The molecule has 0 nitrogen and oxygen atoms in total. The van der Waals surface area contributed by atoms with Crippen LogP contribution in [0.5, 0.6) is 0 Å². The molecule has 0 aromatic carbocycles. The summed E-state index contributed by atoms with van der Waals surface area (Å²) in [5.41, 5.74) is 0. The summed E-state index contributed by atoms with van der Waals surface area (Å²) in [6.07, 6.45) is 8.30. The van der Waals surface area contributed by atoms with Crippen LogP contribution in [-0.4, -0.2) is 0 Å². The predicted octanol–water partition coefficient (Wildman–Crippen LogP) is 3.35. The predicted molar refractivity (Wildman–Crippen MR) is 43.3 cm³/mol. The Labute approximate surface area is 59.0 Å². The number of rotatable bonds is 4. The number of allylic oxidation sites excluding steroid dienone is 2. The largest absolute Gasteiger partial charge is 0.0880 e. The molecule has 0 amide bonds. The molecule has 0 atom stereocenters. The van der Waals surface area contributed by atoms with Crippen LogP contribution in [0.4, 0.5) is 0 Å². The van der Waals surface area contributed by atoms with Crippen molar-refractivity contribution < 1.29 is 0 Å². The van der Waals surface area contributed by atoms with Gasteiger partial charge in [-0.25, -0.2) is 0 Å². The van der Waals surface area contributed by atoms with Gasteiger partial charge in [0.2, 0.25) is 0 Å². The third kappa shape index (κ3) is 7.74. The lowest BCUT2D eigenvalue weighted by atomic mass is 10.1. The van der Waals surface area contributed by atoms with Gasteiger partial charge in [-0.2, -0.15) is 0 Å². The lowest BCUT2D eigenvalue weighted by Crippen LogP contribution is -1.73. The van der Waals surface area contributed by atoms with Gasteiger partial charge in [-0.15, -0.1) is 0 Å². The summed E-state index contributed by atoms with van der Waals surface area (Å²) in [7, 11) is 0. The third-order valence-corrected chi connectivity index (χ3v) is 1.18. The van der Waals surface area contributed by atoms with Gasteiger partial charge in [-0.1, -0.05) is 45.8 Å². The van der Waals surface area contributed by atoms with E-state index in [4.69, 9.17) is 0 Å². The normalized spacial score (nSPS) is 11.6. The number of hydrogen-bond donors (Lipinski definition) is 0. The maximum absolute atomic E-state index is 2.25. The summed E-state index contributed by atoms with van der Waals surface area (Å²) in [4.78, 5) is 0. The molecule has 0 spiro atoms. The zero-order chi connectivity index (χ0) is 7.11. The highest BCUT2D eigenvalue weighted by atomic mass is 13.9. The molecular formula is C9H17. The third-order valence-electron chi connectivity index (χ3n) is 1.18. The quantitative estimate of drug-likeness (QED) is 0.505. The van der Waals surface area contributed by atoms with E-state index in [-0.39, 0.29) is 0 Å². The first-order valence-corrected chi connectivity index (χ1v) is 3.74. The van der Waals surface area contributed by atoms with Crippen molar-refractivity contribution in [3.05, 3.63) is 18.1 Å². The topological polar surface area (TPSA) is 0 Å². The molecule has 0 heterocycles. The van der Waals surface area contributed by atoms with Crippen molar-refractivity contribution in [1.82, 2.24) is 0 Å². The summed E-state index contributed by atoms with van der Waals surface area (Å²) in [6, 6.07) is 0. The van der Waals surface area contributed by atoms with Gasteiger partial charge in [0.15, 0.2) is 0 Å². The molecule has 0 aliphatic carbocycles. The summed E-state index contributed by atoms with van der Waals surface area (Å²) in [5, 5.41) is 0.